The first-order valence-electron chi connectivity index (χ1n) is 5.65. The standard InChI is InChI=1S/C11H25N3/c1-11(2)8-10(13-9-11)4-6-14(3)7-5-12/h10,13H,4-9,12H2,1-3H3. The lowest BCUT2D eigenvalue weighted by atomic mass is 9.90. The molecule has 1 unspecified atom stereocenters. The van der Waals surface area contributed by atoms with Crippen molar-refractivity contribution in [1.29, 1.82) is 0 Å². The molecule has 0 radical (unpaired) electrons. The number of hydrogen-bond donors (Lipinski definition) is 2. The Labute approximate surface area is 88.0 Å². The van der Waals surface area contributed by atoms with E-state index in [9.17, 15) is 0 Å². The van der Waals surface area contributed by atoms with Crippen molar-refractivity contribution in [3.63, 3.8) is 0 Å². The average Bonchev–Trinajstić information content (AvgIpc) is 2.43. The fourth-order valence-electron chi connectivity index (χ4n) is 2.14. The predicted octanol–water partition coefficient (Wildman–Crippen LogP) is 0.655. The molecule has 0 aromatic rings. The summed E-state index contributed by atoms with van der Waals surface area (Å²) in [6.07, 6.45) is 2.56. The minimum absolute atomic E-state index is 0.497. The van der Waals surface area contributed by atoms with Crippen molar-refractivity contribution in [3.8, 4) is 0 Å². The van der Waals surface area contributed by atoms with Crippen LogP contribution in [-0.2, 0) is 0 Å². The van der Waals surface area contributed by atoms with Gasteiger partial charge in [0.1, 0.15) is 0 Å². The molecule has 1 fully saturated rings. The molecule has 1 aliphatic rings. The normalized spacial score (nSPS) is 25.9. The fourth-order valence-corrected chi connectivity index (χ4v) is 2.14. The first-order valence-corrected chi connectivity index (χ1v) is 5.65. The molecule has 0 aliphatic carbocycles. The Bertz CT molecular complexity index is 168. The van der Waals surface area contributed by atoms with E-state index >= 15 is 0 Å². The Balaban J connectivity index is 2.14. The van der Waals surface area contributed by atoms with Gasteiger partial charge >= 0.3 is 0 Å². The third-order valence-electron chi connectivity index (χ3n) is 3.04. The number of nitrogens with two attached hydrogens (primary N) is 1. The molecule has 1 atom stereocenters. The van der Waals surface area contributed by atoms with E-state index < -0.39 is 0 Å². The Hall–Kier alpha value is -0.120. The van der Waals surface area contributed by atoms with Crippen LogP contribution in [0.3, 0.4) is 0 Å². The van der Waals surface area contributed by atoms with Gasteiger partial charge in [0, 0.05) is 25.7 Å². The van der Waals surface area contributed by atoms with E-state index in [1.807, 2.05) is 0 Å². The number of hydrogen-bond acceptors (Lipinski definition) is 3. The molecular weight excluding hydrogens is 174 g/mol. The molecule has 3 N–H and O–H groups in total. The van der Waals surface area contributed by atoms with Gasteiger partial charge in [-0.1, -0.05) is 13.8 Å². The van der Waals surface area contributed by atoms with E-state index in [1.165, 1.54) is 12.8 Å². The van der Waals surface area contributed by atoms with E-state index in [4.69, 9.17) is 5.73 Å². The zero-order valence-corrected chi connectivity index (χ0v) is 9.84. The van der Waals surface area contributed by atoms with Crippen LogP contribution < -0.4 is 11.1 Å². The fraction of sp³-hybridized carbons (Fsp3) is 1.00. The van der Waals surface area contributed by atoms with Crippen LogP contribution in [0.25, 0.3) is 0 Å². The summed E-state index contributed by atoms with van der Waals surface area (Å²) in [5.74, 6) is 0. The molecule has 0 spiro atoms. The Kier molecular flexibility index (Phi) is 4.35. The van der Waals surface area contributed by atoms with E-state index in [2.05, 4.69) is 31.1 Å². The summed E-state index contributed by atoms with van der Waals surface area (Å²) in [6, 6.07) is 0.713. The van der Waals surface area contributed by atoms with Gasteiger partial charge in [-0.05, 0) is 31.8 Å². The molecule has 1 heterocycles. The van der Waals surface area contributed by atoms with Crippen LogP contribution in [0.1, 0.15) is 26.7 Å². The molecule has 0 bridgehead atoms. The quantitative estimate of drug-likeness (QED) is 0.683. The van der Waals surface area contributed by atoms with E-state index in [0.29, 0.717) is 11.5 Å². The highest BCUT2D eigenvalue weighted by atomic mass is 15.1. The molecular formula is C11H25N3. The maximum Gasteiger partial charge on any atom is 0.0102 e. The molecule has 1 rings (SSSR count). The summed E-state index contributed by atoms with van der Waals surface area (Å²) in [7, 11) is 2.15. The summed E-state index contributed by atoms with van der Waals surface area (Å²) in [5, 5.41) is 3.59. The highest BCUT2D eigenvalue weighted by Gasteiger charge is 2.29. The Morgan fingerprint density at radius 1 is 1.43 bits per heavy atom. The summed E-state index contributed by atoms with van der Waals surface area (Å²) in [4.78, 5) is 2.31. The van der Waals surface area contributed by atoms with Gasteiger partial charge < -0.3 is 16.0 Å². The van der Waals surface area contributed by atoms with Crippen LogP contribution >= 0.6 is 0 Å². The molecule has 14 heavy (non-hydrogen) atoms. The van der Waals surface area contributed by atoms with E-state index in [1.54, 1.807) is 0 Å². The van der Waals surface area contributed by atoms with Crippen LogP contribution in [-0.4, -0.2) is 44.2 Å². The maximum absolute atomic E-state index is 5.50. The summed E-state index contributed by atoms with van der Waals surface area (Å²) >= 11 is 0. The largest absolute Gasteiger partial charge is 0.329 e. The number of likely N-dealkylation sites (N-methyl/N-ethyl adjacent to an activating group) is 1. The van der Waals surface area contributed by atoms with Crippen LogP contribution in [0.5, 0.6) is 0 Å². The van der Waals surface area contributed by atoms with Gasteiger partial charge in [0.05, 0.1) is 0 Å². The lowest BCUT2D eigenvalue weighted by Gasteiger charge is -2.19. The van der Waals surface area contributed by atoms with Crippen LogP contribution in [0.4, 0.5) is 0 Å². The molecule has 3 nitrogen and oxygen atoms in total. The number of nitrogens with zero attached hydrogens (tertiary/aromatic N) is 1. The monoisotopic (exact) mass is 199 g/mol. The van der Waals surface area contributed by atoms with Crippen molar-refractivity contribution < 1.29 is 0 Å². The highest BCUT2D eigenvalue weighted by molar-refractivity contribution is 4.87. The SMILES string of the molecule is CN(CCN)CCC1CC(C)(C)CN1. The predicted molar refractivity (Wildman–Crippen MR) is 61.4 cm³/mol. The minimum atomic E-state index is 0.497. The topological polar surface area (TPSA) is 41.3 Å². The molecule has 0 amide bonds. The zero-order valence-electron chi connectivity index (χ0n) is 9.84. The van der Waals surface area contributed by atoms with Crippen molar-refractivity contribution in [2.24, 2.45) is 11.1 Å². The summed E-state index contributed by atoms with van der Waals surface area (Å²) < 4.78 is 0. The molecule has 3 heteroatoms. The van der Waals surface area contributed by atoms with Crippen LogP contribution in [0, 0.1) is 5.41 Å². The molecule has 0 aromatic carbocycles. The maximum atomic E-state index is 5.50. The number of nitrogens with one attached hydrogen (secondary N) is 1. The van der Waals surface area contributed by atoms with Gasteiger partial charge in [0.2, 0.25) is 0 Å². The van der Waals surface area contributed by atoms with Crippen molar-refractivity contribution in [1.82, 2.24) is 10.2 Å². The van der Waals surface area contributed by atoms with Crippen molar-refractivity contribution in [2.45, 2.75) is 32.7 Å². The van der Waals surface area contributed by atoms with E-state index in [-0.39, 0.29) is 0 Å². The first kappa shape index (κ1) is 12.0. The van der Waals surface area contributed by atoms with Gasteiger partial charge in [0.25, 0.3) is 0 Å². The molecule has 0 aromatic heterocycles. The van der Waals surface area contributed by atoms with Gasteiger partial charge in [-0.3, -0.25) is 0 Å². The van der Waals surface area contributed by atoms with Crippen molar-refractivity contribution in [3.05, 3.63) is 0 Å². The lowest BCUT2D eigenvalue weighted by molar-refractivity contribution is 0.314. The minimum Gasteiger partial charge on any atom is -0.329 e. The second kappa shape index (κ2) is 5.10. The van der Waals surface area contributed by atoms with Crippen LogP contribution in [0.15, 0.2) is 0 Å². The third kappa shape index (κ3) is 3.95. The van der Waals surface area contributed by atoms with Gasteiger partial charge in [0.15, 0.2) is 0 Å². The summed E-state index contributed by atoms with van der Waals surface area (Å²) in [6.45, 7) is 8.77. The van der Waals surface area contributed by atoms with Crippen molar-refractivity contribution >= 4 is 0 Å². The highest BCUT2D eigenvalue weighted by Crippen LogP contribution is 2.28. The first-order chi connectivity index (χ1) is 6.53. The van der Waals surface area contributed by atoms with Gasteiger partial charge in [-0.2, -0.15) is 0 Å². The van der Waals surface area contributed by atoms with Crippen LogP contribution in [0.2, 0.25) is 0 Å². The third-order valence-corrected chi connectivity index (χ3v) is 3.04. The molecule has 0 saturated carbocycles. The van der Waals surface area contributed by atoms with Gasteiger partial charge in [-0.15, -0.1) is 0 Å². The average molecular weight is 199 g/mol. The molecule has 1 aliphatic heterocycles. The number of rotatable bonds is 5. The molecule has 1 saturated heterocycles. The Morgan fingerprint density at radius 2 is 2.14 bits per heavy atom. The smallest absolute Gasteiger partial charge is 0.0102 e. The molecule has 84 valence electrons. The van der Waals surface area contributed by atoms with Gasteiger partial charge in [-0.25, -0.2) is 0 Å². The zero-order chi connectivity index (χ0) is 10.6. The Morgan fingerprint density at radius 3 is 2.64 bits per heavy atom. The lowest BCUT2D eigenvalue weighted by Crippen LogP contribution is -2.31. The second-order valence-corrected chi connectivity index (χ2v) is 5.33. The summed E-state index contributed by atoms with van der Waals surface area (Å²) in [5.41, 5.74) is 6.00. The van der Waals surface area contributed by atoms with Crippen molar-refractivity contribution in [2.75, 3.05) is 33.2 Å². The van der Waals surface area contributed by atoms with E-state index in [0.717, 1.165) is 26.2 Å². The second-order valence-electron chi connectivity index (χ2n) is 5.33.